The molecule has 2 N–H and O–H groups in total. The molecule has 1 aromatic rings. The van der Waals surface area contributed by atoms with Gasteiger partial charge in [-0.3, -0.25) is 0 Å². The Balaban J connectivity index is 2.47. The molecule has 0 unspecified atom stereocenters. The first-order valence-corrected chi connectivity index (χ1v) is 7.25. The van der Waals surface area contributed by atoms with Gasteiger partial charge in [-0.1, -0.05) is 0 Å². The molecular weight excluding hydrogens is 280 g/mol. The lowest BCUT2D eigenvalue weighted by Gasteiger charge is -2.28. The Bertz CT molecular complexity index is 521. The van der Waals surface area contributed by atoms with Crippen molar-refractivity contribution in [3.8, 4) is 0 Å². The van der Waals surface area contributed by atoms with E-state index in [1.807, 2.05) is 0 Å². The molecule has 0 amide bonds. The van der Waals surface area contributed by atoms with Crippen LogP contribution in [0.5, 0.6) is 0 Å². The molecule has 0 aromatic carbocycles. The third-order valence-corrected chi connectivity index (χ3v) is 4.58. The van der Waals surface area contributed by atoms with Crippen LogP contribution in [0, 0.1) is 0 Å². The van der Waals surface area contributed by atoms with E-state index in [2.05, 4.69) is 4.90 Å². The molecule has 20 heavy (non-hydrogen) atoms. The smallest absolute Gasteiger partial charge is 0.350 e. The van der Waals surface area contributed by atoms with Gasteiger partial charge < -0.3 is 20.1 Å². The van der Waals surface area contributed by atoms with Gasteiger partial charge in [0.05, 0.1) is 19.9 Å². The highest BCUT2D eigenvalue weighted by Gasteiger charge is 2.29. The number of anilines is 2. The van der Waals surface area contributed by atoms with Crippen LogP contribution in [0.2, 0.25) is 0 Å². The Hall–Kier alpha value is -1.76. The maximum absolute atomic E-state index is 11.9. The zero-order valence-corrected chi connectivity index (χ0v) is 12.4. The number of nitrogens with two attached hydrogens (primary N) is 1. The molecule has 1 saturated heterocycles. The quantitative estimate of drug-likeness (QED) is 0.858. The van der Waals surface area contributed by atoms with Gasteiger partial charge in [-0.05, 0) is 19.3 Å². The largest absolute Gasteiger partial charge is 0.465 e. The number of ether oxygens (including phenoxy) is 2. The number of hydrogen-bond donors (Lipinski definition) is 1. The summed E-state index contributed by atoms with van der Waals surface area (Å²) in [6, 6.07) is 0. The van der Waals surface area contributed by atoms with Crippen molar-refractivity contribution in [2.75, 3.05) is 37.9 Å². The fourth-order valence-electron chi connectivity index (χ4n) is 2.29. The maximum atomic E-state index is 11.9. The molecule has 0 radical (unpaired) electrons. The normalized spacial score (nSPS) is 15.0. The predicted octanol–water partition coefficient (Wildman–Crippen LogP) is 1.89. The van der Waals surface area contributed by atoms with E-state index in [9.17, 15) is 9.59 Å². The third-order valence-electron chi connectivity index (χ3n) is 3.33. The monoisotopic (exact) mass is 298 g/mol. The van der Waals surface area contributed by atoms with Crippen LogP contribution in [0.1, 0.15) is 39.3 Å². The summed E-state index contributed by atoms with van der Waals surface area (Å²) in [7, 11) is 2.59. The minimum atomic E-state index is -0.527. The highest BCUT2D eigenvalue weighted by Crippen LogP contribution is 2.40. The van der Waals surface area contributed by atoms with E-state index in [4.69, 9.17) is 15.2 Å². The number of nitrogen functional groups attached to an aromatic ring is 1. The molecule has 0 saturated carbocycles. The van der Waals surface area contributed by atoms with Gasteiger partial charge in [-0.2, -0.15) is 0 Å². The van der Waals surface area contributed by atoms with Gasteiger partial charge in [0.1, 0.15) is 15.4 Å². The van der Waals surface area contributed by atoms with Gasteiger partial charge in [0.15, 0.2) is 0 Å². The van der Waals surface area contributed by atoms with Gasteiger partial charge >= 0.3 is 11.9 Å². The second kappa shape index (κ2) is 6.13. The second-order valence-corrected chi connectivity index (χ2v) is 5.55. The topological polar surface area (TPSA) is 81.9 Å². The van der Waals surface area contributed by atoms with Crippen molar-refractivity contribution in [2.45, 2.75) is 19.3 Å². The van der Waals surface area contributed by atoms with Crippen LogP contribution in [0.4, 0.5) is 10.7 Å². The van der Waals surface area contributed by atoms with Gasteiger partial charge in [0.2, 0.25) is 0 Å². The van der Waals surface area contributed by atoms with Gasteiger partial charge in [-0.25, -0.2) is 9.59 Å². The zero-order chi connectivity index (χ0) is 14.7. The Kier molecular flexibility index (Phi) is 4.49. The number of carbonyl (C=O) groups is 2. The van der Waals surface area contributed by atoms with Crippen molar-refractivity contribution in [3.05, 3.63) is 10.4 Å². The summed E-state index contributed by atoms with van der Waals surface area (Å²) in [5.41, 5.74) is 6.37. The van der Waals surface area contributed by atoms with Crippen molar-refractivity contribution in [1.82, 2.24) is 0 Å². The molecule has 2 heterocycles. The summed E-state index contributed by atoms with van der Waals surface area (Å²) in [5, 5.41) is 0.703. The second-order valence-electron chi connectivity index (χ2n) is 4.56. The lowest BCUT2D eigenvalue weighted by atomic mass is 10.1. The van der Waals surface area contributed by atoms with Crippen molar-refractivity contribution in [2.24, 2.45) is 0 Å². The molecule has 1 aliphatic heterocycles. The summed E-state index contributed by atoms with van der Waals surface area (Å²) in [6.07, 6.45) is 3.30. The fourth-order valence-corrected chi connectivity index (χ4v) is 3.47. The zero-order valence-electron chi connectivity index (χ0n) is 11.6. The summed E-state index contributed by atoms with van der Waals surface area (Å²) >= 11 is 1.19. The van der Waals surface area contributed by atoms with Crippen LogP contribution in [-0.2, 0) is 9.47 Å². The number of methoxy groups -OCH3 is 2. The molecule has 2 rings (SSSR count). The van der Waals surface area contributed by atoms with E-state index in [0.717, 1.165) is 25.9 Å². The third kappa shape index (κ3) is 2.58. The van der Waals surface area contributed by atoms with Crippen molar-refractivity contribution >= 4 is 34.0 Å². The summed E-state index contributed by atoms with van der Waals surface area (Å²) < 4.78 is 9.49. The lowest BCUT2D eigenvalue weighted by Crippen LogP contribution is -2.30. The molecule has 110 valence electrons. The number of esters is 2. The van der Waals surface area contributed by atoms with Crippen LogP contribution >= 0.6 is 11.3 Å². The van der Waals surface area contributed by atoms with Crippen LogP contribution in [0.25, 0.3) is 0 Å². The Morgan fingerprint density at radius 2 is 1.70 bits per heavy atom. The number of carbonyl (C=O) groups excluding carboxylic acids is 2. The molecule has 0 spiro atoms. The van der Waals surface area contributed by atoms with E-state index in [0.29, 0.717) is 5.00 Å². The minimum absolute atomic E-state index is 0.147. The first-order valence-electron chi connectivity index (χ1n) is 6.44. The number of hydrogen-bond acceptors (Lipinski definition) is 7. The highest BCUT2D eigenvalue weighted by atomic mass is 32.1. The SMILES string of the molecule is COC(=O)c1sc(N2CCCCC2)c(C(=O)OC)c1N. The van der Waals surface area contributed by atoms with Gasteiger partial charge in [-0.15, -0.1) is 11.3 Å². The summed E-state index contributed by atoms with van der Waals surface area (Å²) in [5.74, 6) is -1.05. The molecular formula is C13H18N2O4S. The number of rotatable bonds is 3. The van der Waals surface area contributed by atoms with Crippen LogP contribution < -0.4 is 10.6 Å². The van der Waals surface area contributed by atoms with Crippen LogP contribution in [0.3, 0.4) is 0 Å². The Morgan fingerprint density at radius 1 is 1.10 bits per heavy atom. The van der Waals surface area contributed by atoms with Crippen LogP contribution in [-0.4, -0.2) is 39.2 Å². The molecule has 1 fully saturated rings. The molecule has 1 aliphatic rings. The summed E-state index contributed by atoms with van der Waals surface area (Å²) in [4.78, 5) is 26.0. The van der Waals surface area contributed by atoms with Crippen LogP contribution in [0.15, 0.2) is 0 Å². The molecule has 0 aliphatic carbocycles. The van der Waals surface area contributed by atoms with Crippen molar-refractivity contribution in [3.63, 3.8) is 0 Å². The average molecular weight is 298 g/mol. The van der Waals surface area contributed by atoms with Gasteiger partial charge in [0.25, 0.3) is 0 Å². The van der Waals surface area contributed by atoms with E-state index in [-0.39, 0.29) is 16.1 Å². The fraction of sp³-hybridized carbons (Fsp3) is 0.538. The number of nitrogens with zero attached hydrogens (tertiary/aromatic N) is 1. The van der Waals surface area contributed by atoms with E-state index >= 15 is 0 Å². The average Bonchev–Trinajstić information content (AvgIpc) is 2.84. The van der Waals surface area contributed by atoms with E-state index < -0.39 is 11.9 Å². The summed E-state index contributed by atoms with van der Waals surface area (Å²) in [6.45, 7) is 1.70. The molecule has 1 aromatic heterocycles. The molecule has 6 nitrogen and oxygen atoms in total. The molecule has 0 atom stereocenters. The molecule has 0 bridgehead atoms. The van der Waals surface area contributed by atoms with Crippen molar-refractivity contribution in [1.29, 1.82) is 0 Å². The standard InChI is InChI=1S/C13H18N2O4S/c1-18-12(16)8-9(14)10(13(17)19-2)20-11(8)15-6-4-3-5-7-15/h3-7,14H2,1-2H3. The minimum Gasteiger partial charge on any atom is -0.465 e. The number of piperidine rings is 1. The molecule has 7 heteroatoms. The lowest BCUT2D eigenvalue weighted by molar-refractivity contribution is 0.0602. The Labute approximate surface area is 121 Å². The first kappa shape index (κ1) is 14.6. The van der Waals surface area contributed by atoms with E-state index in [1.165, 1.54) is 32.0 Å². The van der Waals surface area contributed by atoms with E-state index in [1.54, 1.807) is 0 Å². The highest BCUT2D eigenvalue weighted by molar-refractivity contribution is 7.19. The number of thiophene rings is 1. The predicted molar refractivity (Wildman–Crippen MR) is 77.5 cm³/mol. The first-order chi connectivity index (χ1) is 9.60. The maximum Gasteiger partial charge on any atom is 0.350 e. The Morgan fingerprint density at radius 3 is 2.25 bits per heavy atom. The van der Waals surface area contributed by atoms with Gasteiger partial charge in [0, 0.05) is 13.1 Å². The van der Waals surface area contributed by atoms with Crippen molar-refractivity contribution < 1.29 is 19.1 Å².